The number of carbonyl (C=O) groups is 1. The molecule has 2 aromatic rings. The normalized spacial score (nSPS) is 15.2. The molecule has 1 amide bonds. The Labute approximate surface area is 133 Å². The molecule has 0 atom stereocenters. The smallest absolute Gasteiger partial charge is 0.258 e. The van der Waals surface area contributed by atoms with Gasteiger partial charge in [0.1, 0.15) is 0 Å². The third-order valence-corrected chi connectivity index (χ3v) is 4.33. The molecule has 3 N–H and O–H groups in total. The van der Waals surface area contributed by atoms with E-state index in [0.29, 0.717) is 6.54 Å². The van der Waals surface area contributed by atoms with Crippen LogP contribution in [0, 0.1) is 5.41 Å². The molecule has 120 valence electrons. The maximum atomic E-state index is 12.1. The summed E-state index contributed by atoms with van der Waals surface area (Å²) in [5, 5.41) is 12.5. The van der Waals surface area contributed by atoms with Crippen molar-refractivity contribution in [1.82, 2.24) is 15.3 Å². The first-order valence-electron chi connectivity index (χ1n) is 7.56. The Hall–Kier alpha value is -2.63. The quantitative estimate of drug-likeness (QED) is 0.783. The highest BCUT2D eigenvalue weighted by Crippen LogP contribution is 2.35. The van der Waals surface area contributed by atoms with Crippen molar-refractivity contribution >= 4 is 5.91 Å². The summed E-state index contributed by atoms with van der Waals surface area (Å²) in [6, 6.07) is 8.30. The van der Waals surface area contributed by atoms with Gasteiger partial charge in [0, 0.05) is 6.54 Å². The number of aromatic amines is 1. The lowest BCUT2D eigenvalue weighted by atomic mass is 9.87. The van der Waals surface area contributed by atoms with Crippen LogP contribution in [0.25, 0.3) is 0 Å². The van der Waals surface area contributed by atoms with Crippen LogP contribution in [0.4, 0.5) is 0 Å². The summed E-state index contributed by atoms with van der Waals surface area (Å²) < 4.78 is 0. The number of aromatic hydroxyl groups is 1. The van der Waals surface area contributed by atoms with Gasteiger partial charge in [-0.05, 0) is 29.4 Å². The molecule has 6 heteroatoms. The number of nitrogens with one attached hydrogen (secondary N) is 2. The SMILES string of the molecule is CC1(CNC(=O)Cc2c(O)nc[nH]c2=O)Cc2ccccc2C1. The van der Waals surface area contributed by atoms with E-state index in [1.165, 1.54) is 11.1 Å². The third kappa shape index (κ3) is 3.26. The van der Waals surface area contributed by atoms with Crippen molar-refractivity contribution in [3.63, 3.8) is 0 Å². The number of nitrogens with zero attached hydrogens (tertiary/aromatic N) is 1. The van der Waals surface area contributed by atoms with E-state index in [-0.39, 0.29) is 23.3 Å². The Morgan fingerprint density at radius 1 is 1.35 bits per heavy atom. The first kappa shape index (κ1) is 15.3. The highest BCUT2D eigenvalue weighted by molar-refractivity contribution is 5.79. The molecule has 1 aliphatic rings. The van der Waals surface area contributed by atoms with Gasteiger partial charge in [-0.1, -0.05) is 31.2 Å². The van der Waals surface area contributed by atoms with Gasteiger partial charge in [-0.3, -0.25) is 9.59 Å². The summed E-state index contributed by atoms with van der Waals surface area (Å²) in [6.45, 7) is 2.67. The highest BCUT2D eigenvalue weighted by atomic mass is 16.3. The Morgan fingerprint density at radius 2 is 2.00 bits per heavy atom. The standard InChI is InChI=1S/C17H19N3O3/c1-17(7-11-4-2-3-5-12(11)8-17)9-18-14(21)6-13-15(22)19-10-20-16(13)23/h2-5,10H,6-9H2,1H3,(H,18,21)(H2,19,20,22,23). The van der Waals surface area contributed by atoms with Crippen molar-refractivity contribution in [2.24, 2.45) is 5.41 Å². The van der Waals surface area contributed by atoms with Gasteiger partial charge < -0.3 is 15.4 Å². The Balaban J connectivity index is 1.61. The maximum Gasteiger partial charge on any atom is 0.258 e. The van der Waals surface area contributed by atoms with Crippen LogP contribution in [0.2, 0.25) is 0 Å². The minimum absolute atomic E-state index is 0.00939. The van der Waals surface area contributed by atoms with Crippen LogP contribution in [0.1, 0.15) is 23.6 Å². The molecular formula is C17H19N3O3. The van der Waals surface area contributed by atoms with Crippen molar-refractivity contribution in [3.8, 4) is 5.88 Å². The van der Waals surface area contributed by atoms with Crippen LogP contribution >= 0.6 is 0 Å². The van der Waals surface area contributed by atoms with E-state index in [4.69, 9.17) is 0 Å². The topological polar surface area (TPSA) is 95.1 Å². The van der Waals surface area contributed by atoms with E-state index >= 15 is 0 Å². The predicted octanol–water partition coefficient (Wildman–Crippen LogP) is 0.939. The number of fused-ring (bicyclic) bond motifs is 1. The zero-order valence-electron chi connectivity index (χ0n) is 12.9. The maximum absolute atomic E-state index is 12.1. The van der Waals surface area contributed by atoms with Gasteiger partial charge in [0.2, 0.25) is 11.8 Å². The van der Waals surface area contributed by atoms with Gasteiger partial charge in [-0.15, -0.1) is 0 Å². The summed E-state index contributed by atoms with van der Waals surface area (Å²) in [5.41, 5.74) is 2.12. The predicted molar refractivity (Wildman–Crippen MR) is 85.2 cm³/mol. The number of H-pyrrole nitrogens is 1. The molecule has 0 bridgehead atoms. The zero-order chi connectivity index (χ0) is 16.4. The number of aromatic nitrogens is 2. The van der Waals surface area contributed by atoms with Crippen LogP contribution in [-0.2, 0) is 24.1 Å². The van der Waals surface area contributed by atoms with Gasteiger partial charge in [-0.25, -0.2) is 4.98 Å². The minimum Gasteiger partial charge on any atom is -0.493 e. The van der Waals surface area contributed by atoms with Crippen LogP contribution in [0.15, 0.2) is 35.4 Å². The third-order valence-electron chi connectivity index (χ3n) is 4.33. The second kappa shape index (κ2) is 5.87. The van der Waals surface area contributed by atoms with Crippen molar-refractivity contribution < 1.29 is 9.90 Å². The van der Waals surface area contributed by atoms with Gasteiger partial charge in [-0.2, -0.15) is 0 Å². The molecule has 0 saturated carbocycles. The lowest BCUT2D eigenvalue weighted by molar-refractivity contribution is -0.120. The van der Waals surface area contributed by atoms with E-state index in [9.17, 15) is 14.7 Å². The first-order valence-corrected chi connectivity index (χ1v) is 7.56. The molecule has 0 spiro atoms. The molecule has 3 rings (SSSR count). The monoisotopic (exact) mass is 313 g/mol. The molecular weight excluding hydrogens is 294 g/mol. The van der Waals surface area contributed by atoms with E-state index in [1.54, 1.807) is 0 Å². The molecule has 23 heavy (non-hydrogen) atoms. The molecule has 6 nitrogen and oxygen atoms in total. The largest absolute Gasteiger partial charge is 0.493 e. The Kier molecular flexibility index (Phi) is 3.90. The van der Waals surface area contributed by atoms with Crippen LogP contribution in [0.3, 0.4) is 0 Å². The molecule has 0 aliphatic heterocycles. The van der Waals surface area contributed by atoms with E-state index in [0.717, 1.165) is 19.2 Å². The Bertz CT molecular complexity index is 773. The molecule has 1 aliphatic carbocycles. The number of carbonyl (C=O) groups excluding carboxylic acids is 1. The van der Waals surface area contributed by atoms with Crippen molar-refractivity contribution in [1.29, 1.82) is 0 Å². The molecule has 0 unspecified atom stereocenters. The van der Waals surface area contributed by atoms with Gasteiger partial charge >= 0.3 is 0 Å². The molecule has 1 heterocycles. The Morgan fingerprint density at radius 3 is 2.61 bits per heavy atom. The van der Waals surface area contributed by atoms with Crippen molar-refractivity contribution in [2.45, 2.75) is 26.2 Å². The fraction of sp³-hybridized carbons (Fsp3) is 0.353. The van der Waals surface area contributed by atoms with Crippen molar-refractivity contribution in [3.05, 3.63) is 57.6 Å². The number of amides is 1. The fourth-order valence-electron chi connectivity index (χ4n) is 3.12. The molecule has 0 saturated heterocycles. The average Bonchev–Trinajstić information content (AvgIpc) is 2.86. The van der Waals surface area contributed by atoms with Gasteiger partial charge in [0.25, 0.3) is 5.56 Å². The molecule has 1 aromatic carbocycles. The first-order chi connectivity index (χ1) is 11.0. The van der Waals surface area contributed by atoms with Gasteiger partial charge in [0.15, 0.2) is 0 Å². The molecule has 1 aromatic heterocycles. The summed E-state index contributed by atoms with van der Waals surface area (Å²) in [6.07, 6.45) is 2.76. The van der Waals surface area contributed by atoms with E-state index in [1.807, 2.05) is 12.1 Å². The van der Waals surface area contributed by atoms with Crippen LogP contribution < -0.4 is 10.9 Å². The van der Waals surface area contributed by atoms with E-state index < -0.39 is 11.4 Å². The average molecular weight is 313 g/mol. The number of hydrogen-bond acceptors (Lipinski definition) is 4. The number of rotatable bonds is 4. The van der Waals surface area contributed by atoms with Crippen LogP contribution in [0.5, 0.6) is 5.88 Å². The lowest BCUT2D eigenvalue weighted by Gasteiger charge is -2.24. The van der Waals surface area contributed by atoms with E-state index in [2.05, 4.69) is 34.3 Å². The fourth-order valence-corrected chi connectivity index (χ4v) is 3.12. The summed E-state index contributed by atoms with van der Waals surface area (Å²) in [7, 11) is 0. The summed E-state index contributed by atoms with van der Waals surface area (Å²) >= 11 is 0. The lowest BCUT2D eigenvalue weighted by Crippen LogP contribution is -2.37. The highest BCUT2D eigenvalue weighted by Gasteiger charge is 2.32. The molecule has 0 radical (unpaired) electrons. The number of hydrogen-bond donors (Lipinski definition) is 3. The van der Waals surface area contributed by atoms with Gasteiger partial charge in [0.05, 0.1) is 18.3 Å². The molecule has 0 fully saturated rings. The second-order valence-electron chi connectivity index (χ2n) is 6.42. The number of benzene rings is 1. The van der Waals surface area contributed by atoms with Crippen LogP contribution in [-0.4, -0.2) is 27.5 Å². The summed E-state index contributed by atoms with van der Waals surface area (Å²) in [5.74, 6) is -0.695. The zero-order valence-corrected chi connectivity index (χ0v) is 12.9. The van der Waals surface area contributed by atoms with Crippen molar-refractivity contribution in [2.75, 3.05) is 6.54 Å². The summed E-state index contributed by atoms with van der Waals surface area (Å²) in [4.78, 5) is 29.6. The second-order valence-corrected chi connectivity index (χ2v) is 6.42. The minimum atomic E-state index is -0.493.